The van der Waals surface area contributed by atoms with Gasteiger partial charge in [0.1, 0.15) is 28.7 Å². The largest absolute Gasteiger partial charge is 0.390 e. The molecule has 0 saturated carbocycles. The number of benzene rings is 1. The predicted molar refractivity (Wildman–Crippen MR) is 104 cm³/mol. The average molecular weight is 455 g/mol. The van der Waals surface area contributed by atoms with Gasteiger partial charge in [0.25, 0.3) is 5.92 Å². The van der Waals surface area contributed by atoms with Gasteiger partial charge >= 0.3 is 0 Å². The molecule has 0 aliphatic heterocycles. The Balaban J connectivity index is 2.05. The van der Waals surface area contributed by atoms with Crippen LogP contribution < -0.4 is 5.32 Å². The summed E-state index contributed by atoms with van der Waals surface area (Å²) < 4.78 is 43.0. The molecule has 0 spiro atoms. The van der Waals surface area contributed by atoms with Crippen LogP contribution in [0.15, 0.2) is 28.9 Å². The van der Waals surface area contributed by atoms with Crippen molar-refractivity contribution < 1.29 is 18.3 Å². The summed E-state index contributed by atoms with van der Waals surface area (Å²) in [6.07, 6.45) is 0. The molecule has 1 aromatic carbocycles. The number of hydrogen-bond donors (Lipinski definition) is 2. The Morgan fingerprint density at radius 2 is 1.93 bits per heavy atom. The van der Waals surface area contributed by atoms with E-state index in [0.29, 0.717) is 32.8 Å². The molecule has 0 saturated heterocycles. The Morgan fingerprint density at radius 3 is 2.61 bits per heavy atom. The Morgan fingerprint density at radius 1 is 1.21 bits per heavy atom. The van der Waals surface area contributed by atoms with Gasteiger partial charge in [-0.1, -0.05) is 12.1 Å². The Labute approximate surface area is 168 Å². The lowest BCUT2D eigenvalue weighted by atomic mass is 10.00. The molecular weight excluding hydrogens is 437 g/mol. The summed E-state index contributed by atoms with van der Waals surface area (Å²) >= 11 is 3.34. The first kappa shape index (κ1) is 20.5. The molecular formula is C19H18BrF3N4O. The van der Waals surface area contributed by atoms with E-state index in [0.717, 1.165) is 6.07 Å². The van der Waals surface area contributed by atoms with Crippen molar-refractivity contribution in [2.45, 2.75) is 32.7 Å². The van der Waals surface area contributed by atoms with E-state index in [1.807, 2.05) is 6.92 Å². The minimum absolute atomic E-state index is 0.0416. The van der Waals surface area contributed by atoms with Crippen LogP contribution in [-0.2, 0) is 5.92 Å². The average Bonchev–Trinajstić information content (AvgIpc) is 2.62. The predicted octanol–water partition coefficient (Wildman–Crippen LogP) is 4.80. The van der Waals surface area contributed by atoms with Crippen LogP contribution >= 0.6 is 15.9 Å². The molecule has 3 rings (SSSR count). The number of anilines is 1. The highest BCUT2D eigenvalue weighted by molar-refractivity contribution is 9.10. The van der Waals surface area contributed by atoms with Crippen LogP contribution in [0.4, 0.5) is 19.0 Å². The lowest BCUT2D eigenvalue weighted by Gasteiger charge is -2.21. The fourth-order valence-electron chi connectivity index (χ4n) is 3.00. The van der Waals surface area contributed by atoms with Crippen LogP contribution in [0.1, 0.15) is 35.6 Å². The molecule has 0 fully saturated rings. The van der Waals surface area contributed by atoms with E-state index in [1.165, 1.54) is 12.1 Å². The number of fused-ring (bicyclic) bond motifs is 1. The molecule has 0 bridgehead atoms. The third-order valence-electron chi connectivity index (χ3n) is 4.38. The van der Waals surface area contributed by atoms with E-state index in [9.17, 15) is 13.2 Å². The molecule has 1 atom stereocenters. The second-order valence-corrected chi connectivity index (χ2v) is 7.30. The maximum Gasteiger partial charge on any atom is 0.298 e. The topological polar surface area (TPSA) is 70.9 Å². The second-order valence-electron chi connectivity index (χ2n) is 6.48. The van der Waals surface area contributed by atoms with Crippen LogP contribution in [0.3, 0.4) is 0 Å². The summed E-state index contributed by atoms with van der Waals surface area (Å²) in [5, 5.41) is 12.6. The molecule has 5 nitrogen and oxygen atoms in total. The third kappa shape index (κ3) is 3.81. The number of alkyl halides is 2. The van der Waals surface area contributed by atoms with E-state index in [-0.39, 0.29) is 5.56 Å². The summed E-state index contributed by atoms with van der Waals surface area (Å²) in [4.78, 5) is 13.1. The fraction of sp³-hybridized carbons (Fsp3) is 0.316. The SMILES string of the molecule is Cc1nc(NC(C)c2cccc(C(F)(F)CO)c2F)c2cc(Br)nc(C)c2n1. The standard InChI is InChI=1S/C19H18BrF3N4O/c1-9(12-5-4-6-14(16(12)21)19(22,23)8-28)25-18-13-7-15(20)24-10(2)17(13)26-11(3)27-18/h4-7,9,28H,8H2,1-3H3,(H,25,26,27). The van der Waals surface area contributed by atoms with Crippen molar-refractivity contribution in [2.75, 3.05) is 11.9 Å². The van der Waals surface area contributed by atoms with Crippen molar-refractivity contribution in [3.05, 3.63) is 57.3 Å². The minimum Gasteiger partial charge on any atom is -0.390 e. The number of aliphatic hydroxyl groups is 1. The van der Waals surface area contributed by atoms with Crippen molar-refractivity contribution in [2.24, 2.45) is 0 Å². The molecule has 9 heteroatoms. The maximum atomic E-state index is 14.7. The second kappa shape index (κ2) is 7.63. The first-order chi connectivity index (χ1) is 13.1. The van der Waals surface area contributed by atoms with E-state index in [4.69, 9.17) is 5.11 Å². The first-order valence-corrected chi connectivity index (χ1v) is 9.29. The number of nitrogens with one attached hydrogen (secondary N) is 1. The molecule has 0 radical (unpaired) electrons. The van der Waals surface area contributed by atoms with E-state index < -0.39 is 30.0 Å². The van der Waals surface area contributed by atoms with Crippen LogP contribution in [0.5, 0.6) is 0 Å². The summed E-state index contributed by atoms with van der Waals surface area (Å²) in [5.74, 6) is -3.78. The number of aromatic nitrogens is 3. The van der Waals surface area contributed by atoms with Gasteiger partial charge in [-0.2, -0.15) is 8.78 Å². The smallest absolute Gasteiger partial charge is 0.298 e. The molecule has 2 N–H and O–H groups in total. The lowest BCUT2D eigenvalue weighted by molar-refractivity contribution is -0.0583. The van der Waals surface area contributed by atoms with Crippen molar-refractivity contribution in [3.8, 4) is 0 Å². The Hall–Kier alpha value is -2.26. The van der Waals surface area contributed by atoms with Crippen LogP contribution in [0.25, 0.3) is 10.9 Å². The van der Waals surface area contributed by atoms with E-state index in [1.54, 1.807) is 19.9 Å². The Kier molecular flexibility index (Phi) is 5.58. The summed E-state index contributed by atoms with van der Waals surface area (Å²) in [6.45, 7) is 3.71. The fourth-order valence-corrected chi connectivity index (χ4v) is 3.50. The van der Waals surface area contributed by atoms with Crippen molar-refractivity contribution >= 4 is 32.7 Å². The van der Waals surface area contributed by atoms with Gasteiger partial charge in [-0.25, -0.2) is 19.3 Å². The number of rotatable bonds is 5. The van der Waals surface area contributed by atoms with Gasteiger partial charge in [0, 0.05) is 10.9 Å². The third-order valence-corrected chi connectivity index (χ3v) is 4.79. The normalized spacial score (nSPS) is 13.0. The van der Waals surface area contributed by atoms with Gasteiger partial charge in [-0.3, -0.25) is 0 Å². The number of aliphatic hydroxyl groups excluding tert-OH is 1. The van der Waals surface area contributed by atoms with Gasteiger partial charge in [0.05, 0.1) is 22.8 Å². The molecule has 28 heavy (non-hydrogen) atoms. The summed E-state index contributed by atoms with van der Waals surface area (Å²) in [7, 11) is 0. The highest BCUT2D eigenvalue weighted by Crippen LogP contribution is 2.34. The number of pyridine rings is 1. The van der Waals surface area contributed by atoms with Gasteiger partial charge in [-0.05, 0) is 48.8 Å². The van der Waals surface area contributed by atoms with Crippen molar-refractivity contribution in [1.29, 1.82) is 0 Å². The Bertz CT molecular complexity index is 1050. The van der Waals surface area contributed by atoms with Gasteiger partial charge in [-0.15, -0.1) is 0 Å². The summed E-state index contributed by atoms with van der Waals surface area (Å²) in [5.41, 5.74) is 0.542. The zero-order chi connectivity index (χ0) is 20.6. The zero-order valence-corrected chi connectivity index (χ0v) is 17.0. The van der Waals surface area contributed by atoms with Crippen LogP contribution in [0, 0.1) is 19.7 Å². The number of hydrogen-bond acceptors (Lipinski definition) is 5. The maximum absolute atomic E-state index is 14.7. The number of halogens is 4. The van der Waals surface area contributed by atoms with E-state index in [2.05, 4.69) is 36.2 Å². The first-order valence-electron chi connectivity index (χ1n) is 8.49. The van der Waals surface area contributed by atoms with Crippen LogP contribution in [-0.4, -0.2) is 26.7 Å². The molecule has 148 valence electrons. The van der Waals surface area contributed by atoms with E-state index >= 15 is 0 Å². The van der Waals surface area contributed by atoms with Gasteiger partial charge in [0.2, 0.25) is 0 Å². The molecule has 0 aliphatic rings. The summed E-state index contributed by atoms with van der Waals surface area (Å²) in [6, 6.07) is 4.80. The van der Waals surface area contributed by atoms with Crippen molar-refractivity contribution in [3.63, 3.8) is 0 Å². The molecule has 2 aromatic heterocycles. The molecule has 0 amide bonds. The number of aryl methyl sites for hydroxylation is 2. The van der Waals surface area contributed by atoms with Gasteiger partial charge < -0.3 is 10.4 Å². The number of nitrogens with zero attached hydrogens (tertiary/aromatic N) is 3. The lowest BCUT2D eigenvalue weighted by Crippen LogP contribution is -2.22. The molecule has 1 unspecified atom stereocenters. The molecule has 3 aromatic rings. The highest BCUT2D eigenvalue weighted by atomic mass is 79.9. The quantitative estimate of drug-likeness (QED) is 0.541. The van der Waals surface area contributed by atoms with Crippen LogP contribution in [0.2, 0.25) is 0 Å². The monoisotopic (exact) mass is 454 g/mol. The zero-order valence-electron chi connectivity index (χ0n) is 15.4. The van der Waals surface area contributed by atoms with Gasteiger partial charge in [0.15, 0.2) is 0 Å². The molecule has 0 aliphatic carbocycles. The molecule has 2 heterocycles. The van der Waals surface area contributed by atoms with Crippen molar-refractivity contribution in [1.82, 2.24) is 15.0 Å². The minimum atomic E-state index is -3.66. The highest BCUT2D eigenvalue weighted by Gasteiger charge is 2.35.